The van der Waals surface area contributed by atoms with Gasteiger partial charge in [0.1, 0.15) is 0 Å². The van der Waals surface area contributed by atoms with E-state index in [0.717, 1.165) is 15.6 Å². The van der Waals surface area contributed by atoms with E-state index in [0.29, 0.717) is 10.2 Å². The number of carbonyl (C=O) groups is 1. The molecule has 0 atom stereocenters. The van der Waals surface area contributed by atoms with E-state index in [-0.39, 0.29) is 17.3 Å². The van der Waals surface area contributed by atoms with Crippen LogP contribution in [0.3, 0.4) is 0 Å². The summed E-state index contributed by atoms with van der Waals surface area (Å²) in [4.78, 5) is 26.9. The average Bonchev–Trinajstić information content (AvgIpc) is 3.11. The van der Waals surface area contributed by atoms with Crippen LogP contribution >= 0.6 is 39.0 Å². The quantitative estimate of drug-likeness (QED) is 0.317. The highest BCUT2D eigenvalue weighted by atomic mass is 79.9. The van der Waals surface area contributed by atoms with Gasteiger partial charge < -0.3 is 5.32 Å². The number of nitrogens with zero attached hydrogens (tertiary/aromatic N) is 2. The highest BCUT2D eigenvalue weighted by Crippen LogP contribution is 2.29. The second kappa shape index (κ2) is 8.43. The van der Waals surface area contributed by atoms with E-state index in [1.807, 2.05) is 35.7 Å². The molecule has 0 aliphatic heterocycles. The number of amides is 1. The van der Waals surface area contributed by atoms with E-state index in [2.05, 4.69) is 26.2 Å². The van der Waals surface area contributed by atoms with Crippen molar-refractivity contribution in [2.75, 3.05) is 11.1 Å². The van der Waals surface area contributed by atoms with Gasteiger partial charge in [-0.25, -0.2) is 4.98 Å². The number of halogens is 1. The summed E-state index contributed by atoms with van der Waals surface area (Å²) in [5.74, 6) is -0.00782. The summed E-state index contributed by atoms with van der Waals surface area (Å²) >= 11 is 6.07. The number of anilines is 1. The first-order valence-electron chi connectivity index (χ1n) is 7.40. The molecule has 1 N–H and O–H groups in total. The van der Waals surface area contributed by atoms with Crippen molar-refractivity contribution in [3.63, 3.8) is 0 Å². The Kier molecular flexibility index (Phi) is 6.02. The fourth-order valence-electron chi connectivity index (χ4n) is 2.10. The smallest absolute Gasteiger partial charge is 0.270 e. The predicted octanol–water partition coefficient (Wildman–Crippen LogP) is 5.21. The summed E-state index contributed by atoms with van der Waals surface area (Å²) in [7, 11) is 0. The van der Waals surface area contributed by atoms with Gasteiger partial charge in [0.15, 0.2) is 4.34 Å². The first kappa shape index (κ1) is 18.6. The van der Waals surface area contributed by atoms with Crippen molar-refractivity contribution in [1.29, 1.82) is 0 Å². The van der Waals surface area contributed by atoms with Crippen molar-refractivity contribution in [1.82, 2.24) is 4.98 Å². The van der Waals surface area contributed by atoms with E-state index in [4.69, 9.17) is 0 Å². The molecular formula is C17H12BrN3O3S2. The second-order valence-corrected chi connectivity index (χ2v) is 8.06. The lowest BCUT2D eigenvalue weighted by Gasteiger charge is -2.06. The van der Waals surface area contributed by atoms with E-state index >= 15 is 0 Å². The van der Waals surface area contributed by atoms with Crippen molar-refractivity contribution < 1.29 is 9.72 Å². The molecule has 132 valence electrons. The molecule has 9 heteroatoms. The Balaban J connectivity index is 1.58. The van der Waals surface area contributed by atoms with Crippen molar-refractivity contribution in [2.24, 2.45) is 0 Å². The molecule has 0 saturated carbocycles. The highest BCUT2D eigenvalue weighted by Gasteiger charge is 2.12. The topological polar surface area (TPSA) is 85.1 Å². The van der Waals surface area contributed by atoms with Crippen LogP contribution in [0.4, 0.5) is 11.4 Å². The fourth-order valence-corrected chi connectivity index (χ4v) is 4.20. The molecule has 0 radical (unpaired) electrons. The Morgan fingerprint density at radius 3 is 2.73 bits per heavy atom. The van der Waals surface area contributed by atoms with E-state index in [1.165, 1.54) is 41.3 Å². The van der Waals surface area contributed by atoms with Gasteiger partial charge in [0, 0.05) is 27.5 Å². The summed E-state index contributed by atoms with van der Waals surface area (Å²) in [6.07, 6.45) is 0. The SMILES string of the molecule is O=C(CSc1nc(-c2ccccc2)cs1)Nc1ccc([N+](=O)[O-])cc1Br. The zero-order chi connectivity index (χ0) is 18.5. The molecule has 0 spiro atoms. The zero-order valence-electron chi connectivity index (χ0n) is 13.2. The number of benzene rings is 2. The largest absolute Gasteiger partial charge is 0.324 e. The van der Waals surface area contributed by atoms with Gasteiger partial charge in [-0.3, -0.25) is 14.9 Å². The third-order valence-corrected chi connectivity index (χ3v) is 5.99. The number of thioether (sulfide) groups is 1. The molecule has 1 amide bonds. The monoisotopic (exact) mass is 449 g/mol. The molecule has 2 aromatic carbocycles. The minimum atomic E-state index is -0.487. The van der Waals surface area contributed by atoms with Crippen LogP contribution in [0.5, 0.6) is 0 Å². The molecule has 3 aromatic rings. The molecular weight excluding hydrogens is 438 g/mol. The first-order chi connectivity index (χ1) is 12.5. The van der Waals surface area contributed by atoms with Crippen LogP contribution in [-0.4, -0.2) is 21.6 Å². The fraction of sp³-hybridized carbons (Fsp3) is 0.0588. The van der Waals surface area contributed by atoms with Crippen LogP contribution in [0.25, 0.3) is 11.3 Å². The van der Waals surface area contributed by atoms with Crippen LogP contribution in [0.15, 0.2) is 62.7 Å². The molecule has 26 heavy (non-hydrogen) atoms. The molecule has 0 aliphatic carbocycles. The number of non-ortho nitro benzene ring substituents is 1. The first-order valence-corrected chi connectivity index (χ1v) is 10.1. The molecule has 0 unspecified atom stereocenters. The number of carbonyl (C=O) groups excluding carboxylic acids is 1. The van der Waals surface area contributed by atoms with Crippen molar-refractivity contribution in [2.45, 2.75) is 4.34 Å². The molecule has 0 aliphatic rings. The van der Waals surface area contributed by atoms with Crippen molar-refractivity contribution in [3.8, 4) is 11.3 Å². The van der Waals surface area contributed by atoms with Crippen LogP contribution < -0.4 is 5.32 Å². The minimum Gasteiger partial charge on any atom is -0.324 e. The van der Waals surface area contributed by atoms with Crippen molar-refractivity contribution in [3.05, 3.63) is 68.5 Å². The normalized spacial score (nSPS) is 10.5. The van der Waals surface area contributed by atoms with Gasteiger partial charge in [-0.05, 0) is 22.0 Å². The highest BCUT2D eigenvalue weighted by molar-refractivity contribution is 9.10. The molecule has 1 heterocycles. The Labute approximate surface area is 165 Å². The van der Waals surface area contributed by atoms with Gasteiger partial charge in [-0.1, -0.05) is 42.1 Å². The number of nitro benzene ring substituents is 1. The Morgan fingerprint density at radius 2 is 2.04 bits per heavy atom. The Hall–Kier alpha value is -2.23. The van der Waals surface area contributed by atoms with Crippen LogP contribution in [0.1, 0.15) is 0 Å². The number of hydrogen-bond acceptors (Lipinski definition) is 6. The lowest BCUT2D eigenvalue weighted by Crippen LogP contribution is -2.14. The lowest BCUT2D eigenvalue weighted by molar-refractivity contribution is -0.384. The third kappa shape index (κ3) is 4.69. The molecule has 6 nitrogen and oxygen atoms in total. The Morgan fingerprint density at radius 1 is 1.27 bits per heavy atom. The standard InChI is InChI=1S/C17H12BrN3O3S2/c18-13-8-12(21(23)24)6-7-14(13)19-16(22)10-26-17-20-15(9-25-17)11-4-2-1-3-5-11/h1-9H,10H2,(H,19,22). The lowest BCUT2D eigenvalue weighted by atomic mass is 10.2. The maximum Gasteiger partial charge on any atom is 0.270 e. The van der Waals surface area contributed by atoms with Gasteiger partial charge in [0.2, 0.25) is 5.91 Å². The average molecular weight is 450 g/mol. The Bertz CT molecular complexity index is 947. The van der Waals surface area contributed by atoms with Crippen LogP contribution in [0, 0.1) is 10.1 Å². The number of thiazole rings is 1. The van der Waals surface area contributed by atoms with E-state index in [1.54, 1.807) is 0 Å². The molecule has 0 fully saturated rings. The minimum absolute atomic E-state index is 0.0412. The third-order valence-electron chi connectivity index (χ3n) is 3.32. The second-order valence-electron chi connectivity index (χ2n) is 5.12. The van der Waals surface area contributed by atoms with Crippen molar-refractivity contribution >= 4 is 56.3 Å². The summed E-state index contributed by atoms with van der Waals surface area (Å²) in [5.41, 5.74) is 2.37. The van der Waals surface area contributed by atoms with Gasteiger partial charge in [-0.15, -0.1) is 11.3 Å². The maximum absolute atomic E-state index is 12.1. The summed E-state index contributed by atoms with van der Waals surface area (Å²) in [6, 6.07) is 14.0. The van der Waals surface area contributed by atoms with Gasteiger partial charge >= 0.3 is 0 Å². The van der Waals surface area contributed by atoms with Gasteiger partial charge in [-0.2, -0.15) is 0 Å². The molecule has 3 rings (SSSR count). The van der Waals surface area contributed by atoms with Gasteiger partial charge in [0.25, 0.3) is 5.69 Å². The maximum atomic E-state index is 12.1. The number of rotatable bonds is 6. The summed E-state index contributed by atoms with van der Waals surface area (Å²) in [6.45, 7) is 0. The van der Waals surface area contributed by atoms with Gasteiger partial charge in [0.05, 0.1) is 22.1 Å². The van der Waals surface area contributed by atoms with E-state index in [9.17, 15) is 14.9 Å². The number of hydrogen-bond donors (Lipinski definition) is 1. The molecule has 0 saturated heterocycles. The molecule has 1 aromatic heterocycles. The van der Waals surface area contributed by atoms with Crippen LogP contribution in [-0.2, 0) is 4.79 Å². The summed E-state index contributed by atoms with van der Waals surface area (Å²) in [5, 5.41) is 15.4. The number of nitro groups is 1. The summed E-state index contributed by atoms with van der Waals surface area (Å²) < 4.78 is 1.27. The molecule has 0 bridgehead atoms. The van der Waals surface area contributed by atoms with E-state index < -0.39 is 4.92 Å². The number of aromatic nitrogens is 1. The predicted molar refractivity (Wildman–Crippen MR) is 108 cm³/mol. The zero-order valence-corrected chi connectivity index (χ0v) is 16.4. The van der Waals surface area contributed by atoms with Crippen LogP contribution in [0.2, 0.25) is 0 Å². The number of nitrogens with one attached hydrogen (secondary N) is 1.